The van der Waals surface area contributed by atoms with Crippen molar-refractivity contribution in [2.24, 2.45) is 0 Å². The number of nitrogens with one attached hydrogen (secondary N) is 2. The summed E-state index contributed by atoms with van der Waals surface area (Å²) in [5, 5.41) is 16.3. The van der Waals surface area contributed by atoms with Crippen molar-refractivity contribution >= 4 is 22.6 Å². The highest BCUT2D eigenvalue weighted by Crippen LogP contribution is 2.34. The van der Waals surface area contributed by atoms with Crippen molar-refractivity contribution in [1.29, 1.82) is 5.26 Å². The lowest BCUT2D eigenvalue weighted by molar-refractivity contribution is 0.251. The van der Waals surface area contributed by atoms with Crippen molar-refractivity contribution in [3.63, 3.8) is 0 Å². The number of carbonyl (C=O) groups is 1. The molecule has 2 amide bonds. The number of aryl methyl sites for hydroxylation is 1. The summed E-state index contributed by atoms with van der Waals surface area (Å²) in [5.41, 5.74) is 2.78. The molecule has 1 aromatic heterocycles. The monoisotopic (exact) mass is 485 g/mol. The van der Waals surface area contributed by atoms with Crippen molar-refractivity contribution in [1.82, 2.24) is 15.2 Å². The van der Waals surface area contributed by atoms with Crippen LogP contribution in [-0.4, -0.2) is 48.2 Å². The molecule has 0 radical (unpaired) electrons. The lowest BCUT2D eigenvalue weighted by Crippen LogP contribution is -2.30. The zero-order chi connectivity index (χ0) is 24.9. The van der Waals surface area contributed by atoms with Crippen LogP contribution in [0.4, 0.5) is 10.5 Å². The predicted octanol–water partition coefficient (Wildman–Crippen LogP) is 5.36. The van der Waals surface area contributed by atoms with E-state index in [2.05, 4.69) is 26.6 Å². The van der Waals surface area contributed by atoms with Crippen molar-refractivity contribution < 1.29 is 14.3 Å². The number of rotatable bonds is 9. The van der Waals surface area contributed by atoms with Gasteiger partial charge in [0.15, 0.2) is 0 Å². The molecule has 8 heteroatoms. The molecule has 1 aliphatic heterocycles. The van der Waals surface area contributed by atoms with Crippen molar-refractivity contribution in [3.8, 4) is 23.3 Å². The number of fused-ring (bicyclic) bond motifs is 1. The van der Waals surface area contributed by atoms with E-state index in [1.807, 2.05) is 31.2 Å². The second-order valence-corrected chi connectivity index (χ2v) is 9.49. The number of ether oxygens (including phenoxy) is 2. The third-order valence-electron chi connectivity index (χ3n) is 6.58. The molecule has 8 nitrogen and oxygen atoms in total. The van der Waals surface area contributed by atoms with E-state index >= 15 is 0 Å². The third kappa shape index (κ3) is 5.86. The van der Waals surface area contributed by atoms with Gasteiger partial charge in [0.1, 0.15) is 23.3 Å². The summed E-state index contributed by atoms with van der Waals surface area (Å²) in [4.78, 5) is 19.0. The number of carbonyl (C=O) groups excluding carboxylic acids is 1. The lowest BCUT2D eigenvalue weighted by atomic mass is 10.1. The van der Waals surface area contributed by atoms with Crippen molar-refractivity contribution in [2.75, 3.05) is 31.6 Å². The van der Waals surface area contributed by atoms with Gasteiger partial charge in [0.05, 0.1) is 17.7 Å². The second-order valence-electron chi connectivity index (χ2n) is 9.49. The Balaban J connectivity index is 1.28. The van der Waals surface area contributed by atoms with Crippen LogP contribution in [0.1, 0.15) is 43.2 Å². The molecule has 36 heavy (non-hydrogen) atoms. The summed E-state index contributed by atoms with van der Waals surface area (Å²) in [5.74, 6) is 1.78. The summed E-state index contributed by atoms with van der Waals surface area (Å²) >= 11 is 0. The summed E-state index contributed by atoms with van der Waals surface area (Å²) < 4.78 is 12.2. The molecular weight excluding hydrogens is 454 g/mol. The highest BCUT2D eigenvalue weighted by Gasteiger charge is 2.23. The smallest absolute Gasteiger partial charge is 0.319 e. The van der Waals surface area contributed by atoms with E-state index in [0.717, 1.165) is 42.4 Å². The zero-order valence-corrected chi connectivity index (χ0v) is 20.5. The lowest BCUT2D eigenvalue weighted by Gasteiger charge is -2.15. The van der Waals surface area contributed by atoms with Gasteiger partial charge < -0.3 is 25.0 Å². The molecule has 0 spiro atoms. The first-order valence-electron chi connectivity index (χ1n) is 12.6. The summed E-state index contributed by atoms with van der Waals surface area (Å²) in [6.07, 6.45) is 7.24. The van der Waals surface area contributed by atoms with E-state index in [4.69, 9.17) is 9.47 Å². The standard InChI is InChI=1S/C28H31N5O3/c1-19-15-22(7-8-24(19)32-28(34)31-21-5-6-21)36-26-9-10-30-25-17-27(20(18-29)16-23(25)26)35-14-4-13-33-11-2-3-12-33/h7-10,15-17,21H,2-6,11-14H2,1H3,(H2,31,32,34). The molecule has 186 valence electrons. The Hall–Kier alpha value is -3.83. The molecule has 3 aromatic rings. The fraction of sp³-hybridized carbons (Fsp3) is 0.393. The number of nitriles is 1. The average Bonchev–Trinajstić information content (AvgIpc) is 3.53. The Bertz CT molecular complexity index is 1290. The minimum absolute atomic E-state index is 0.188. The Morgan fingerprint density at radius 2 is 2.00 bits per heavy atom. The second kappa shape index (κ2) is 10.8. The van der Waals surface area contributed by atoms with Gasteiger partial charge in [-0.2, -0.15) is 5.26 Å². The topological polar surface area (TPSA) is 99.5 Å². The maximum Gasteiger partial charge on any atom is 0.319 e. The van der Waals surface area contributed by atoms with Crippen LogP contribution in [0.2, 0.25) is 0 Å². The quantitative estimate of drug-likeness (QED) is 0.396. The average molecular weight is 486 g/mol. The number of aromatic nitrogens is 1. The van der Waals surface area contributed by atoms with E-state index in [1.54, 1.807) is 18.3 Å². The molecule has 1 saturated carbocycles. The Morgan fingerprint density at radius 1 is 1.17 bits per heavy atom. The molecule has 0 bridgehead atoms. The van der Waals surface area contributed by atoms with E-state index in [-0.39, 0.29) is 6.03 Å². The van der Waals surface area contributed by atoms with Gasteiger partial charge in [0.25, 0.3) is 0 Å². The van der Waals surface area contributed by atoms with Gasteiger partial charge in [-0.15, -0.1) is 0 Å². The van der Waals surface area contributed by atoms with Crippen molar-refractivity contribution in [3.05, 3.63) is 53.7 Å². The minimum atomic E-state index is -0.188. The van der Waals surface area contributed by atoms with Gasteiger partial charge in [-0.25, -0.2) is 4.79 Å². The van der Waals surface area contributed by atoms with Crippen LogP contribution in [-0.2, 0) is 0 Å². The first kappa shape index (κ1) is 23.9. The highest BCUT2D eigenvalue weighted by atomic mass is 16.5. The molecule has 2 aliphatic rings. The van der Waals surface area contributed by atoms with Gasteiger partial charge in [-0.3, -0.25) is 4.98 Å². The van der Waals surface area contributed by atoms with Gasteiger partial charge >= 0.3 is 6.03 Å². The van der Waals surface area contributed by atoms with Gasteiger partial charge in [0.2, 0.25) is 0 Å². The fourth-order valence-corrected chi connectivity index (χ4v) is 4.46. The normalized spacial score (nSPS) is 15.4. The Labute approximate surface area is 211 Å². The van der Waals surface area contributed by atoms with Gasteiger partial charge in [-0.1, -0.05) is 0 Å². The minimum Gasteiger partial charge on any atom is -0.492 e. The Kier molecular flexibility index (Phi) is 7.19. The number of likely N-dealkylation sites (tertiary alicyclic amines) is 1. The van der Waals surface area contributed by atoms with Crippen LogP contribution in [0.5, 0.6) is 17.2 Å². The third-order valence-corrected chi connectivity index (χ3v) is 6.58. The van der Waals surface area contributed by atoms with Gasteiger partial charge in [0, 0.05) is 35.9 Å². The number of hydrogen-bond acceptors (Lipinski definition) is 6. The molecule has 2 fully saturated rings. The number of pyridine rings is 1. The summed E-state index contributed by atoms with van der Waals surface area (Å²) in [6.45, 7) is 5.84. The van der Waals surface area contributed by atoms with E-state index in [0.29, 0.717) is 41.0 Å². The zero-order valence-electron chi connectivity index (χ0n) is 20.5. The van der Waals surface area contributed by atoms with Crippen molar-refractivity contribution in [2.45, 2.75) is 45.1 Å². The number of urea groups is 1. The van der Waals surface area contributed by atoms with Crippen LogP contribution >= 0.6 is 0 Å². The van der Waals surface area contributed by atoms with Crippen LogP contribution < -0.4 is 20.1 Å². The number of amides is 2. The SMILES string of the molecule is Cc1cc(Oc2ccnc3cc(OCCCN4CCCC4)c(C#N)cc23)ccc1NC(=O)NC1CC1. The van der Waals surface area contributed by atoms with E-state index in [1.165, 1.54) is 25.9 Å². The van der Waals surface area contributed by atoms with Crippen LogP contribution in [0, 0.1) is 18.3 Å². The maximum absolute atomic E-state index is 12.1. The van der Waals surface area contributed by atoms with Crippen LogP contribution in [0.25, 0.3) is 10.9 Å². The Morgan fingerprint density at radius 3 is 2.75 bits per heavy atom. The fourth-order valence-electron chi connectivity index (χ4n) is 4.46. The number of benzene rings is 2. The molecule has 0 atom stereocenters. The molecule has 2 aromatic carbocycles. The molecule has 0 unspecified atom stereocenters. The van der Waals surface area contributed by atoms with E-state index in [9.17, 15) is 10.1 Å². The molecular formula is C28H31N5O3. The largest absolute Gasteiger partial charge is 0.492 e. The number of nitrogens with zero attached hydrogens (tertiary/aromatic N) is 3. The van der Waals surface area contributed by atoms with E-state index < -0.39 is 0 Å². The first-order chi connectivity index (χ1) is 17.6. The number of hydrogen-bond donors (Lipinski definition) is 2. The molecule has 1 aliphatic carbocycles. The predicted molar refractivity (Wildman–Crippen MR) is 139 cm³/mol. The highest BCUT2D eigenvalue weighted by molar-refractivity contribution is 5.91. The molecule has 5 rings (SSSR count). The molecule has 2 N–H and O–H groups in total. The van der Waals surface area contributed by atoms with Crippen LogP contribution in [0.15, 0.2) is 42.6 Å². The summed E-state index contributed by atoms with van der Waals surface area (Å²) in [6, 6.07) is 13.3. The van der Waals surface area contributed by atoms with Crippen LogP contribution in [0.3, 0.4) is 0 Å². The summed E-state index contributed by atoms with van der Waals surface area (Å²) in [7, 11) is 0. The maximum atomic E-state index is 12.1. The van der Waals surface area contributed by atoms with Gasteiger partial charge in [-0.05, 0) is 88.0 Å². The first-order valence-corrected chi connectivity index (χ1v) is 12.6. The molecule has 2 heterocycles. The molecule has 1 saturated heterocycles. The number of anilines is 1.